The number of hydrogen-bond donors (Lipinski definition) is 0. The molecule has 0 saturated carbocycles. The van der Waals surface area contributed by atoms with Gasteiger partial charge in [0.1, 0.15) is 0 Å². The smallest absolute Gasteiger partial charge is 0.0201 e. The summed E-state index contributed by atoms with van der Waals surface area (Å²) in [5.41, 5.74) is 0. The summed E-state index contributed by atoms with van der Waals surface area (Å²) in [6, 6.07) is 0. The predicted octanol–water partition coefficient (Wildman–Crippen LogP) is 1.92. The fourth-order valence-electron chi connectivity index (χ4n) is 0.877. The lowest BCUT2D eigenvalue weighted by atomic mass is 9.91. The van der Waals surface area contributed by atoms with Crippen molar-refractivity contribution in [2.24, 2.45) is 11.8 Å². The van der Waals surface area contributed by atoms with Crippen molar-refractivity contribution in [2.45, 2.75) is 13.8 Å². The van der Waals surface area contributed by atoms with Crippen LogP contribution >= 0.6 is 22.9 Å². The van der Waals surface area contributed by atoms with Gasteiger partial charge < -0.3 is 0 Å². The molecule has 0 atom stereocenters. The second-order valence-electron chi connectivity index (χ2n) is 2.83. The van der Waals surface area contributed by atoms with Crippen LogP contribution in [-0.2, 0) is 0 Å². The first-order valence-electron chi connectivity index (χ1n) is 3.11. The number of nitrogens with zero attached hydrogens (tertiary/aromatic N) is 1. The molecule has 1 heterocycles. The SMILES string of the molecule is CC(C)C1CN(I)C1. The van der Waals surface area contributed by atoms with Crippen molar-refractivity contribution in [3.8, 4) is 0 Å². The first-order valence-corrected chi connectivity index (χ1v) is 4.07. The Kier molecular flexibility index (Phi) is 2.14. The summed E-state index contributed by atoms with van der Waals surface area (Å²) in [6.07, 6.45) is 0. The normalized spacial score (nSPS) is 24.0. The van der Waals surface area contributed by atoms with Crippen LogP contribution in [-0.4, -0.2) is 16.2 Å². The minimum Gasteiger partial charge on any atom is -0.247 e. The molecular weight excluding hydrogens is 213 g/mol. The summed E-state index contributed by atoms with van der Waals surface area (Å²) in [4.78, 5) is 0. The number of rotatable bonds is 1. The molecule has 0 radical (unpaired) electrons. The maximum Gasteiger partial charge on any atom is 0.0201 e. The van der Waals surface area contributed by atoms with Crippen LogP contribution in [0.3, 0.4) is 0 Å². The summed E-state index contributed by atoms with van der Waals surface area (Å²) >= 11 is 2.38. The second kappa shape index (κ2) is 2.52. The lowest BCUT2D eigenvalue weighted by Crippen LogP contribution is -2.42. The van der Waals surface area contributed by atoms with Crippen molar-refractivity contribution in [3.05, 3.63) is 0 Å². The lowest BCUT2D eigenvalue weighted by molar-refractivity contribution is 0.184. The molecule has 1 rings (SSSR count). The molecule has 0 unspecified atom stereocenters. The van der Waals surface area contributed by atoms with E-state index in [0.29, 0.717) is 0 Å². The van der Waals surface area contributed by atoms with Crippen molar-refractivity contribution < 1.29 is 0 Å². The standard InChI is InChI=1S/C6H12IN/c1-5(2)6-3-8(7)4-6/h5-6H,3-4H2,1-2H3. The van der Waals surface area contributed by atoms with Crippen molar-refractivity contribution in [1.82, 2.24) is 3.11 Å². The maximum absolute atomic E-state index is 2.38. The number of hydrogen-bond acceptors (Lipinski definition) is 1. The van der Waals surface area contributed by atoms with Crippen molar-refractivity contribution in [1.29, 1.82) is 0 Å². The molecule has 1 nitrogen and oxygen atoms in total. The van der Waals surface area contributed by atoms with E-state index in [1.807, 2.05) is 0 Å². The van der Waals surface area contributed by atoms with Gasteiger partial charge in [0, 0.05) is 36.0 Å². The van der Waals surface area contributed by atoms with E-state index in [4.69, 9.17) is 0 Å². The highest BCUT2D eigenvalue weighted by Gasteiger charge is 2.26. The summed E-state index contributed by atoms with van der Waals surface area (Å²) in [5, 5.41) is 0. The van der Waals surface area contributed by atoms with Crippen LogP contribution in [0.1, 0.15) is 13.8 Å². The number of halogens is 1. The van der Waals surface area contributed by atoms with Gasteiger partial charge in [0.25, 0.3) is 0 Å². The second-order valence-corrected chi connectivity index (χ2v) is 4.20. The summed E-state index contributed by atoms with van der Waals surface area (Å²) < 4.78 is 2.34. The zero-order chi connectivity index (χ0) is 6.15. The van der Waals surface area contributed by atoms with E-state index in [-0.39, 0.29) is 0 Å². The van der Waals surface area contributed by atoms with Crippen LogP contribution in [0.25, 0.3) is 0 Å². The minimum absolute atomic E-state index is 0.890. The molecule has 0 spiro atoms. The van der Waals surface area contributed by atoms with E-state index in [1.54, 1.807) is 0 Å². The Labute approximate surface area is 64.9 Å². The molecule has 2 heteroatoms. The third kappa shape index (κ3) is 1.35. The molecule has 0 aliphatic carbocycles. The van der Waals surface area contributed by atoms with Crippen molar-refractivity contribution in [3.63, 3.8) is 0 Å². The molecule has 0 aromatic heterocycles. The predicted molar refractivity (Wildman–Crippen MR) is 43.9 cm³/mol. The van der Waals surface area contributed by atoms with E-state index in [1.165, 1.54) is 13.1 Å². The molecule has 8 heavy (non-hydrogen) atoms. The summed E-state index contributed by atoms with van der Waals surface area (Å²) in [6.45, 7) is 7.21. The van der Waals surface area contributed by atoms with Gasteiger partial charge in [-0.15, -0.1) is 0 Å². The molecule has 1 aliphatic rings. The molecule has 1 aliphatic heterocycles. The average Bonchev–Trinajstić information content (AvgIpc) is 1.57. The Morgan fingerprint density at radius 2 is 2.00 bits per heavy atom. The van der Waals surface area contributed by atoms with Crippen LogP contribution < -0.4 is 0 Å². The first kappa shape index (κ1) is 6.81. The van der Waals surface area contributed by atoms with Crippen LogP contribution in [0.4, 0.5) is 0 Å². The largest absolute Gasteiger partial charge is 0.247 e. The van der Waals surface area contributed by atoms with Gasteiger partial charge in [-0.1, -0.05) is 13.8 Å². The summed E-state index contributed by atoms with van der Waals surface area (Å²) in [7, 11) is 0. The van der Waals surface area contributed by atoms with Gasteiger partial charge in [0.05, 0.1) is 0 Å². The highest BCUT2D eigenvalue weighted by Crippen LogP contribution is 2.25. The fraction of sp³-hybridized carbons (Fsp3) is 1.00. The van der Waals surface area contributed by atoms with E-state index in [0.717, 1.165) is 11.8 Å². The molecule has 0 bridgehead atoms. The molecule has 48 valence electrons. The Morgan fingerprint density at radius 1 is 1.50 bits per heavy atom. The van der Waals surface area contributed by atoms with Gasteiger partial charge in [-0.3, -0.25) is 0 Å². The zero-order valence-electron chi connectivity index (χ0n) is 5.39. The Bertz CT molecular complexity index is 76.6. The Balaban J connectivity index is 2.15. The monoisotopic (exact) mass is 225 g/mol. The van der Waals surface area contributed by atoms with E-state index in [9.17, 15) is 0 Å². The Hall–Kier alpha value is 0.690. The minimum atomic E-state index is 0.890. The Morgan fingerprint density at radius 3 is 2.12 bits per heavy atom. The average molecular weight is 225 g/mol. The zero-order valence-corrected chi connectivity index (χ0v) is 7.55. The van der Waals surface area contributed by atoms with E-state index >= 15 is 0 Å². The van der Waals surface area contributed by atoms with Gasteiger partial charge in [0.2, 0.25) is 0 Å². The quantitative estimate of drug-likeness (QED) is 0.486. The van der Waals surface area contributed by atoms with Crippen LogP contribution in [0.2, 0.25) is 0 Å². The first-order chi connectivity index (χ1) is 3.70. The highest BCUT2D eigenvalue weighted by atomic mass is 127. The third-order valence-electron chi connectivity index (χ3n) is 1.81. The highest BCUT2D eigenvalue weighted by molar-refractivity contribution is 14.1. The molecule has 1 fully saturated rings. The van der Waals surface area contributed by atoms with Crippen LogP contribution in [0, 0.1) is 11.8 Å². The lowest BCUT2D eigenvalue weighted by Gasteiger charge is -2.36. The fourth-order valence-corrected chi connectivity index (χ4v) is 1.89. The molecule has 0 aromatic carbocycles. The van der Waals surface area contributed by atoms with E-state index < -0.39 is 0 Å². The van der Waals surface area contributed by atoms with Gasteiger partial charge in [-0.2, -0.15) is 0 Å². The topological polar surface area (TPSA) is 3.24 Å². The summed E-state index contributed by atoms with van der Waals surface area (Å²) in [5.74, 6) is 1.87. The van der Waals surface area contributed by atoms with Gasteiger partial charge >= 0.3 is 0 Å². The van der Waals surface area contributed by atoms with E-state index in [2.05, 4.69) is 39.8 Å². The van der Waals surface area contributed by atoms with Crippen LogP contribution in [0.15, 0.2) is 0 Å². The molecule has 1 saturated heterocycles. The maximum atomic E-state index is 2.38. The van der Waals surface area contributed by atoms with Crippen LogP contribution in [0.5, 0.6) is 0 Å². The molecule has 0 N–H and O–H groups in total. The van der Waals surface area contributed by atoms with Gasteiger partial charge in [-0.05, 0) is 11.8 Å². The van der Waals surface area contributed by atoms with Crippen molar-refractivity contribution in [2.75, 3.05) is 13.1 Å². The third-order valence-corrected chi connectivity index (χ3v) is 2.60. The molecular formula is C6H12IN. The van der Waals surface area contributed by atoms with Gasteiger partial charge in [-0.25, -0.2) is 3.11 Å². The van der Waals surface area contributed by atoms with Crippen molar-refractivity contribution >= 4 is 22.9 Å². The molecule has 0 aromatic rings. The molecule has 0 amide bonds. The van der Waals surface area contributed by atoms with Gasteiger partial charge in [0.15, 0.2) is 0 Å².